The smallest absolute Gasteiger partial charge is 0.225 e. The van der Waals surface area contributed by atoms with Gasteiger partial charge in [0.05, 0.1) is 12.6 Å². The van der Waals surface area contributed by atoms with Gasteiger partial charge in [-0.15, -0.1) is 0 Å². The number of nitrogens with zero attached hydrogens (tertiary/aromatic N) is 3. The van der Waals surface area contributed by atoms with Gasteiger partial charge in [-0.2, -0.15) is 4.98 Å². The topological polar surface area (TPSA) is 62.3 Å². The highest BCUT2D eigenvalue weighted by atomic mass is 16.5. The zero-order chi connectivity index (χ0) is 21.8. The Balaban J connectivity index is 0.00000289. The molecule has 0 amide bonds. The highest BCUT2D eigenvalue weighted by Gasteiger charge is 2.22. The molecule has 1 saturated carbocycles. The molecule has 0 radical (unpaired) electrons. The second kappa shape index (κ2) is 10.6. The normalized spacial score (nSPS) is 18.1. The molecule has 1 aromatic heterocycles. The molecule has 3 aromatic rings. The summed E-state index contributed by atoms with van der Waals surface area (Å²) >= 11 is 0. The Hall–Kier alpha value is -2.86. The molecule has 172 valence electrons. The Bertz CT molecular complexity index is 1030. The van der Waals surface area contributed by atoms with E-state index in [2.05, 4.69) is 52.8 Å². The number of anilines is 2. The van der Waals surface area contributed by atoms with Crippen LogP contribution in [0.5, 0.6) is 5.75 Å². The van der Waals surface area contributed by atoms with E-state index in [1.165, 1.54) is 11.1 Å². The molecule has 2 N–H and O–H groups in total. The minimum Gasteiger partial charge on any atom is -0.496 e. The number of benzene rings is 2. The van der Waals surface area contributed by atoms with Gasteiger partial charge >= 0.3 is 0 Å². The zero-order valence-electron chi connectivity index (χ0n) is 19.0. The fourth-order valence-electron chi connectivity index (χ4n) is 4.40. The van der Waals surface area contributed by atoms with Gasteiger partial charge in [0.15, 0.2) is 0 Å². The summed E-state index contributed by atoms with van der Waals surface area (Å²) in [5, 5.41) is 8.40. The Morgan fingerprint density at radius 2 is 1.72 bits per heavy atom. The van der Waals surface area contributed by atoms with E-state index in [-0.39, 0.29) is 7.43 Å². The van der Waals surface area contributed by atoms with E-state index in [4.69, 9.17) is 14.7 Å². The van der Waals surface area contributed by atoms with Crippen LogP contribution in [0.2, 0.25) is 0 Å². The Morgan fingerprint density at radius 1 is 1.00 bits per heavy atom. The quantitative estimate of drug-likeness (QED) is 0.534. The van der Waals surface area contributed by atoms with E-state index in [1.54, 1.807) is 7.11 Å². The lowest BCUT2D eigenvalue weighted by Gasteiger charge is -2.30. The molecule has 1 aliphatic carbocycles. The summed E-state index contributed by atoms with van der Waals surface area (Å²) in [4.78, 5) is 11.6. The maximum Gasteiger partial charge on any atom is 0.225 e. The summed E-state index contributed by atoms with van der Waals surface area (Å²) in [5.74, 6) is 2.63. The predicted molar refractivity (Wildman–Crippen MR) is 135 cm³/mol. The molecule has 1 fully saturated rings. The fraction of sp³-hybridized carbons (Fsp3) is 0.462. The van der Waals surface area contributed by atoms with Crippen molar-refractivity contribution in [3.8, 4) is 5.75 Å². The van der Waals surface area contributed by atoms with E-state index in [0.717, 1.165) is 60.6 Å². The van der Waals surface area contributed by atoms with Crippen molar-refractivity contribution < 1.29 is 4.74 Å². The van der Waals surface area contributed by atoms with E-state index >= 15 is 0 Å². The molecule has 0 unspecified atom stereocenters. The van der Waals surface area contributed by atoms with Gasteiger partial charge in [0.25, 0.3) is 0 Å². The molecule has 0 spiro atoms. The molecule has 6 nitrogen and oxygen atoms in total. The molecule has 0 bridgehead atoms. The number of fused-ring (bicyclic) bond motifs is 1. The van der Waals surface area contributed by atoms with Crippen LogP contribution in [-0.2, 0) is 6.54 Å². The van der Waals surface area contributed by atoms with Crippen LogP contribution in [0, 0.1) is 6.92 Å². The molecule has 0 saturated heterocycles. The minimum atomic E-state index is 0. The Morgan fingerprint density at radius 3 is 2.41 bits per heavy atom. The summed E-state index contributed by atoms with van der Waals surface area (Å²) in [6.45, 7) is 2.99. The molecule has 0 aliphatic heterocycles. The second-order valence-electron chi connectivity index (χ2n) is 8.66. The van der Waals surface area contributed by atoms with Crippen molar-refractivity contribution >= 4 is 22.7 Å². The van der Waals surface area contributed by atoms with Crippen molar-refractivity contribution in [2.75, 3.05) is 31.4 Å². The van der Waals surface area contributed by atoms with Gasteiger partial charge in [-0.05, 0) is 61.9 Å². The first-order valence-electron chi connectivity index (χ1n) is 11.1. The highest BCUT2D eigenvalue weighted by molar-refractivity contribution is 5.90. The van der Waals surface area contributed by atoms with Gasteiger partial charge in [-0.1, -0.05) is 31.7 Å². The lowest BCUT2D eigenvalue weighted by Crippen LogP contribution is -2.37. The third-order valence-corrected chi connectivity index (χ3v) is 6.12. The summed E-state index contributed by atoms with van der Waals surface area (Å²) in [6.07, 6.45) is 4.54. The van der Waals surface area contributed by atoms with Gasteiger partial charge < -0.3 is 20.3 Å². The fourth-order valence-corrected chi connectivity index (χ4v) is 4.40. The SMILES string of the molecule is C.COc1ccc(CNC2CCC(Nc3nc(N(C)C)c4ccccc4n3)CC2)cc1C. The van der Waals surface area contributed by atoms with Crippen LogP contribution in [0.15, 0.2) is 42.5 Å². The standard InChI is InChI=1S/C25H33N5O.CH4/c1-17-15-18(9-14-23(17)31-4)16-26-19-10-12-20(13-11-19)27-25-28-22-8-6-5-7-21(22)24(29-25)30(2)3;/h5-9,14-15,19-20,26H,10-13,16H2,1-4H3,(H,27,28,29);1H4. The highest BCUT2D eigenvalue weighted by Crippen LogP contribution is 2.26. The lowest BCUT2D eigenvalue weighted by molar-refractivity contribution is 0.352. The van der Waals surface area contributed by atoms with Gasteiger partial charge in [-0.25, -0.2) is 4.98 Å². The average Bonchev–Trinajstić information content (AvgIpc) is 2.78. The van der Waals surface area contributed by atoms with E-state index in [0.29, 0.717) is 12.1 Å². The van der Waals surface area contributed by atoms with Gasteiger partial charge in [0, 0.05) is 38.1 Å². The van der Waals surface area contributed by atoms with Crippen molar-refractivity contribution in [2.45, 2.75) is 58.7 Å². The number of para-hydroxylation sites is 1. The number of nitrogens with one attached hydrogen (secondary N) is 2. The van der Waals surface area contributed by atoms with Crippen molar-refractivity contribution in [2.24, 2.45) is 0 Å². The van der Waals surface area contributed by atoms with Crippen molar-refractivity contribution in [1.29, 1.82) is 0 Å². The number of ether oxygens (including phenoxy) is 1. The third kappa shape index (κ3) is 5.49. The first-order valence-corrected chi connectivity index (χ1v) is 11.1. The Labute approximate surface area is 192 Å². The van der Waals surface area contributed by atoms with Crippen molar-refractivity contribution in [1.82, 2.24) is 15.3 Å². The van der Waals surface area contributed by atoms with Crippen LogP contribution in [0.3, 0.4) is 0 Å². The van der Waals surface area contributed by atoms with Crippen LogP contribution < -0.4 is 20.3 Å². The third-order valence-electron chi connectivity index (χ3n) is 6.12. The minimum absolute atomic E-state index is 0. The first kappa shape index (κ1) is 23.8. The summed E-state index contributed by atoms with van der Waals surface area (Å²) < 4.78 is 5.36. The van der Waals surface area contributed by atoms with E-state index < -0.39 is 0 Å². The molecule has 0 atom stereocenters. The average molecular weight is 436 g/mol. The molecule has 2 aromatic carbocycles. The van der Waals surface area contributed by atoms with Crippen molar-refractivity contribution in [3.05, 3.63) is 53.6 Å². The molecule has 1 heterocycles. The van der Waals surface area contributed by atoms with Crippen molar-refractivity contribution in [3.63, 3.8) is 0 Å². The van der Waals surface area contributed by atoms with Crippen LogP contribution in [0.25, 0.3) is 10.9 Å². The number of aryl methyl sites for hydroxylation is 1. The number of rotatable bonds is 7. The number of aromatic nitrogens is 2. The van der Waals surface area contributed by atoms with Crippen LogP contribution in [-0.4, -0.2) is 43.3 Å². The molecule has 4 rings (SSSR count). The summed E-state index contributed by atoms with van der Waals surface area (Å²) in [5.41, 5.74) is 3.47. The van der Waals surface area contributed by atoms with Gasteiger partial charge in [0.1, 0.15) is 11.6 Å². The van der Waals surface area contributed by atoms with E-state index in [9.17, 15) is 0 Å². The lowest BCUT2D eigenvalue weighted by atomic mass is 9.91. The Kier molecular flexibility index (Phi) is 7.91. The summed E-state index contributed by atoms with van der Waals surface area (Å²) in [7, 11) is 5.77. The monoisotopic (exact) mass is 435 g/mol. The maximum atomic E-state index is 5.36. The van der Waals surface area contributed by atoms with Gasteiger partial charge in [-0.3, -0.25) is 0 Å². The largest absolute Gasteiger partial charge is 0.496 e. The second-order valence-corrected chi connectivity index (χ2v) is 8.66. The molecule has 1 aliphatic rings. The van der Waals surface area contributed by atoms with Crippen LogP contribution in [0.1, 0.15) is 44.2 Å². The molecular formula is C26H37N5O. The number of methoxy groups -OCH3 is 1. The van der Waals surface area contributed by atoms with Crippen LogP contribution >= 0.6 is 0 Å². The van der Waals surface area contributed by atoms with Gasteiger partial charge in [0.2, 0.25) is 5.95 Å². The summed E-state index contributed by atoms with van der Waals surface area (Å²) in [6, 6.07) is 15.6. The number of hydrogen-bond donors (Lipinski definition) is 2. The van der Waals surface area contributed by atoms with Crippen LogP contribution in [0.4, 0.5) is 11.8 Å². The maximum absolute atomic E-state index is 5.36. The first-order chi connectivity index (χ1) is 15.0. The number of hydrogen-bond acceptors (Lipinski definition) is 6. The molecule has 32 heavy (non-hydrogen) atoms. The zero-order valence-corrected chi connectivity index (χ0v) is 19.0. The molecule has 6 heteroatoms. The predicted octanol–water partition coefficient (Wildman–Crippen LogP) is 5.16. The molecular weight excluding hydrogens is 398 g/mol. The van der Waals surface area contributed by atoms with E-state index in [1.807, 2.05) is 26.2 Å².